The van der Waals surface area contributed by atoms with Crippen molar-refractivity contribution in [2.45, 2.75) is 32.2 Å². The molecule has 2 aromatic heterocycles. The van der Waals surface area contributed by atoms with Gasteiger partial charge in [0, 0.05) is 44.1 Å². The smallest absolute Gasteiger partial charge is 0.226 e. The third kappa shape index (κ3) is 4.16. The van der Waals surface area contributed by atoms with Gasteiger partial charge in [-0.15, -0.1) is 0 Å². The third-order valence-electron chi connectivity index (χ3n) is 5.53. The second-order valence-corrected chi connectivity index (χ2v) is 7.37. The highest BCUT2D eigenvalue weighted by atomic mass is 16.5. The number of rotatable bonds is 7. The summed E-state index contributed by atoms with van der Waals surface area (Å²) < 4.78 is 11.3. The molecule has 146 valence electrons. The average Bonchev–Trinajstić information content (AvgIpc) is 3.33. The molecule has 0 N–H and O–H groups in total. The van der Waals surface area contributed by atoms with Crippen LogP contribution in [-0.4, -0.2) is 47.7 Å². The van der Waals surface area contributed by atoms with E-state index in [1.165, 1.54) is 12.8 Å². The van der Waals surface area contributed by atoms with E-state index in [9.17, 15) is 0 Å². The lowest BCUT2D eigenvalue weighted by Gasteiger charge is -2.23. The van der Waals surface area contributed by atoms with Crippen molar-refractivity contribution in [2.75, 3.05) is 26.8 Å². The Morgan fingerprint density at radius 2 is 1.79 bits per heavy atom. The van der Waals surface area contributed by atoms with Crippen molar-refractivity contribution in [3.8, 4) is 22.6 Å². The van der Waals surface area contributed by atoms with Crippen molar-refractivity contribution >= 4 is 0 Å². The SMILES string of the molecule is COC[C@@H]1CCCN1CCc1nc(-c2ccc(-c3ccncc3)cc2)oc1C. The molecule has 1 aliphatic heterocycles. The predicted octanol–water partition coefficient (Wildman–Crippen LogP) is 4.37. The number of ether oxygens (including phenoxy) is 1. The molecule has 5 nitrogen and oxygen atoms in total. The zero-order valence-corrected chi connectivity index (χ0v) is 16.6. The number of aryl methyl sites for hydroxylation is 1. The van der Waals surface area contributed by atoms with Gasteiger partial charge in [-0.25, -0.2) is 4.98 Å². The Bertz CT molecular complexity index is 890. The van der Waals surface area contributed by atoms with Gasteiger partial charge in [0.05, 0.1) is 12.3 Å². The molecule has 1 aromatic carbocycles. The molecule has 0 aliphatic carbocycles. The van der Waals surface area contributed by atoms with E-state index in [2.05, 4.69) is 34.1 Å². The van der Waals surface area contributed by atoms with Crippen LogP contribution in [0.2, 0.25) is 0 Å². The standard InChI is InChI=1S/C23H27N3O2/c1-17-22(11-15-26-14-3-4-21(26)16-27-2)25-23(28-17)20-7-5-18(6-8-20)19-9-12-24-13-10-19/h5-10,12-13,21H,3-4,11,14-16H2,1-2H3/t21-/m0/s1. The molecule has 4 rings (SSSR count). The second kappa shape index (κ2) is 8.67. The molecule has 0 unspecified atom stereocenters. The maximum absolute atomic E-state index is 5.97. The van der Waals surface area contributed by atoms with E-state index in [-0.39, 0.29) is 0 Å². The van der Waals surface area contributed by atoms with Crippen molar-refractivity contribution in [3.05, 3.63) is 60.2 Å². The number of oxazole rings is 1. The number of aromatic nitrogens is 2. The maximum atomic E-state index is 5.97. The minimum absolute atomic E-state index is 0.539. The topological polar surface area (TPSA) is 51.4 Å². The normalized spacial score (nSPS) is 17.3. The zero-order chi connectivity index (χ0) is 19.3. The molecule has 3 aromatic rings. The van der Waals surface area contributed by atoms with Gasteiger partial charge in [-0.3, -0.25) is 9.88 Å². The molecule has 1 fully saturated rings. The van der Waals surface area contributed by atoms with Crippen molar-refractivity contribution in [3.63, 3.8) is 0 Å². The van der Waals surface area contributed by atoms with Gasteiger partial charge in [0.2, 0.25) is 5.89 Å². The van der Waals surface area contributed by atoms with Gasteiger partial charge in [0.1, 0.15) is 5.76 Å². The van der Waals surface area contributed by atoms with E-state index >= 15 is 0 Å². The van der Waals surface area contributed by atoms with Gasteiger partial charge in [-0.1, -0.05) is 12.1 Å². The quantitative estimate of drug-likeness (QED) is 0.612. The molecule has 0 saturated carbocycles. The molecule has 5 heteroatoms. The van der Waals surface area contributed by atoms with Crippen molar-refractivity contribution in [1.29, 1.82) is 0 Å². The Labute approximate surface area is 166 Å². The van der Waals surface area contributed by atoms with Crippen LogP contribution in [0.1, 0.15) is 24.3 Å². The van der Waals surface area contributed by atoms with E-state index in [1.54, 1.807) is 7.11 Å². The van der Waals surface area contributed by atoms with Crippen LogP contribution >= 0.6 is 0 Å². The largest absolute Gasteiger partial charge is 0.441 e. The Morgan fingerprint density at radius 1 is 1.07 bits per heavy atom. The van der Waals surface area contributed by atoms with E-state index in [4.69, 9.17) is 14.1 Å². The fraction of sp³-hybridized carbons (Fsp3) is 0.391. The lowest BCUT2D eigenvalue weighted by molar-refractivity contribution is 0.116. The van der Waals surface area contributed by atoms with Crippen molar-refractivity contribution in [1.82, 2.24) is 14.9 Å². The van der Waals surface area contributed by atoms with Crippen LogP contribution in [0.25, 0.3) is 22.6 Å². The predicted molar refractivity (Wildman–Crippen MR) is 110 cm³/mol. The van der Waals surface area contributed by atoms with Crippen LogP contribution in [0, 0.1) is 6.92 Å². The summed E-state index contributed by atoms with van der Waals surface area (Å²) in [6.07, 6.45) is 7.00. The first-order chi connectivity index (χ1) is 13.7. The van der Waals surface area contributed by atoms with Crippen LogP contribution in [0.4, 0.5) is 0 Å². The zero-order valence-electron chi connectivity index (χ0n) is 16.6. The fourth-order valence-electron chi connectivity index (χ4n) is 3.95. The molecule has 1 aliphatic rings. The summed E-state index contributed by atoms with van der Waals surface area (Å²) in [5.74, 6) is 1.61. The number of hydrogen-bond acceptors (Lipinski definition) is 5. The summed E-state index contributed by atoms with van der Waals surface area (Å²) in [6.45, 7) is 4.97. The van der Waals surface area contributed by atoms with Gasteiger partial charge >= 0.3 is 0 Å². The summed E-state index contributed by atoms with van der Waals surface area (Å²) in [5, 5.41) is 0. The Hall–Kier alpha value is -2.50. The van der Waals surface area contributed by atoms with E-state index in [0.717, 1.165) is 54.3 Å². The summed E-state index contributed by atoms with van der Waals surface area (Å²) >= 11 is 0. The number of benzene rings is 1. The van der Waals surface area contributed by atoms with Crippen molar-refractivity contribution in [2.24, 2.45) is 0 Å². The Morgan fingerprint density at radius 3 is 2.54 bits per heavy atom. The molecule has 28 heavy (non-hydrogen) atoms. The number of nitrogens with zero attached hydrogens (tertiary/aromatic N) is 3. The first-order valence-electron chi connectivity index (χ1n) is 9.94. The minimum Gasteiger partial charge on any atom is -0.441 e. The Balaban J connectivity index is 1.44. The van der Waals surface area contributed by atoms with Crippen LogP contribution in [0.3, 0.4) is 0 Å². The lowest BCUT2D eigenvalue weighted by atomic mass is 10.1. The van der Waals surface area contributed by atoms with E-state index in [0.29, 0.717) is 11.9 Å². The first kappa shape index (κ1) is 18.8. The molecule has 0 amide bonds. The highest BCUT2D eigenvalue weighted by molar-refractivity contribution is 5.66. The fourth-order valence-corrected chi connectivity index (χ4v) is 3.95. The second-order valence-electron chi connectivity index (χ2n) is 7.37. The van der Waals surface area contributed by atoms with Crippen LogP contribution in [0.5, 0.6) is 0 Å². The van der Waals surface area contributed by atoms with Gasteiger partial charge in [0.25, 0.3) is 0 Å². The summed E-state index contributed by atoms with van der Waals surface area (Å²) in [6, 6.07) is 12.9. The summed E-state index contributed by atoms with van der Waals surface area (Å²) in [5.41, 5.74) is 4.37. The van der Waals surface area contributed by atoms with Crippen LogP contribution in [0.15, 0.2) is 53.2 Å². The molecule has 1 saturated heterocycles. The molecule has 0 bridgehead atoms. The number of likely N-dealkylation sites (tertiary alicyclic amines) is 1. The van der Waals surface area contributed by atoms with Crippen LogP contribution < -0.4 is 0 Å². The molecule has 3 heterocycles. The number of hydrogen-bond donors (Lipinski definition) is 0. The third-order valence-corrected chi connectivity index (χ3v) is 5.53. The van der Waals surface area contributed by atoms with Gasteiger partial charge < -0.3 is 9.15 Å². The highest BCUT2D eigenvalue weighted by Gasteiger charge is 2.24. The number of methoxy groups -OCH3 is 1. The molecular weight excluding hydrogens is 350 g/mol. The molecule has 0 spiro atoms. The molecular formula is C23H27N3O2. The van der Waals surface area contributed by atoms with E-state index in [1.807, 2.05) is 31.5 Å². The van der Waals surface area contributed by atoms with Gasteiger partial charge in [0.15, 0.2) is 0 Å². The first-order valence-corrected chi connectivity index (χ1v) is 9.94. The maximum Gasteiger partial charge on any atom is 0.226 e. The minimum atomic E-state index is 0.539. The molecule has 1 atom stereocenters. The van der Waals surface area contributed by atoms with E-state index < -0.39 is 0 Å². The average molecular weight is 377 g/mol. The Kier molecular flexibility index (Phi) is 5.84. The highest BCUT2D eigenvalue weighted by Crippen LogP contribution is 2.26. The van der Waals surface area contributed by atoms with Crippen LogP contribution in [-0.2, 0) is 11.2 Å². The summed E-state index contributed by atoms with van der Waals surface area (Å²) in [4.78, 5) is 11.4. The lowest BCUT2D eigenvalue weighted by Crippen LogP contribution is -2.34. The van der Waals surface area contributed by atoms with Gasteiger partial charge in [-0.2, -0.15) is 0 Å². The summed E-state index contributed by atoms with van der Waals surface area (Å²) in [7, 11) is 1.78. The van der Waals surface area contributed by atoms with Gasteiger partial charge in [-0.05, 0) is 61.7 Å². The monoisotopic (exact) mass is 377 g/mol. The molecule has 0 radical (unpaired) electrons. The van der Waals surface area contributed by atoms with Crippen molar-refractivity contribution < 1.29 is 9.15 Å². The number of pyridine rings is 1.